The van der Waals surface area contributed by atoms with Gasteiger partial charge in [-0.15, -0.1) is 11.8 Å². The highest BCUT2D eigenvalue weighted by atomic mass is 32.2. The molecule has 3 atom stereocenters. The zero-order valence-electron chi connectivity index (χ0n) is 23.2. The number of halogens is 5. The molecule has 4 aromatic rings. The third-order valence-electron chi connectivity index (χ3n) is 6.96. The average Bonchev–Trinajstić information content (AvgIpc) is 3.05. The third kappa shape index (κ3) is 6.73. The van der Waals surface area contributed by atoms with E-state index in [0.717, 1.165) is 21.8 Å². The topological polar surface area (TPSA) is 77.0 Å². The minimum Gasteiger partial charge on any atom is -0.496 e. The Bertz CT molecular complexity index is 1630. The number of para-hydroxylation sites is 1. The van der Waals surface area contributed by atoms with Crippen LogP contribution in [0.4, 0.5) is 27.6 Å². The fourth-order valence-electron chi connectivity index (χ4n) is 4.70. The molecule has 4 aromatic carbocycles. The largest absolute Gasteiger partial charge is 0.496 e. The number of nitrogens with one attached hydrogen (secondary N) is 1. The summed E-state index contributed by atoms with van der Waals surface area (Å²) in [5, 5.41) is 11.6. The molecule has 0 aromatic heterocycles. The van der Waals surface area contributed by atoms with E-state index in [1.54, 1.807) is 25.3 Å². The Labute approximate surface area is 253 Å². The first-order chi connectivity index (χ1) is 21.2. The number of benzene rings is 4. The van der Waals surface area contributed by atoms with Gasteiger partial charge in [-0.3, -0.25) is 4.79 Å². The van der Waals surface area contributed by atoms with Crippen molar-refractivity contribution in [2.45, 2.75) is 36.4 Å². The number of aliphatic hydroxyl groups excluding tert-OH is 1. The maximum atomic E-state index is 14.2. The van der Waals surface area contributed by atoms with E-state index < -0.39 is 53.0 Å². The first-order valence-electron chi connectivity index (χ1n) is 13.4. The monoisotopic (exact) mass is 631 g/mol. The number of anilines is 1. The van der Waals surface area contributed by atoms with Gasteiger partial charge in [0.2, 0.25) is 5.82 Å². The molecule has 0 spiro atoms. The number of hydrogen-bond donors (Lipinski definition) is 2. The van der Waals surface area contributed by atoms with Crippen LogP contribution in [0.15, 0.2) is 77.7 Å². The summed E-state index contributed by atoms with van der Waals surface area (Å²) in [6, 6.07) is 20.8. The molecule has 0 unspecified atom stereocenters. The van der Waals surface area contributed by atoms with Crippen molar-refractivity contribution in [3.8, 4) is 5.75 Å². The summed E-state index contributed by atoms with van der Waals surface area (Å²) in [6.07, 6.45) is -1.19. The highest BCUT2D eigenvalue weighted by molar-refractivity contribution is 7.99. The first kappa shape index (κ1) is 31.5. The second-order valence-electron chi connectivity index (χ2n) is 9.84. The van der Waals surface area contributed by atoms with Crippen molar-refractivity contribution in [1.82, 2.24) is 0 Å². The van der Waals surface area contributed by atoms with Crippen LogP contribution in [0, 0.1) is 29.1 Å². The van der Waals surface area contributed by atoms with Gasteiger partial charge in [0, 0.05) is 28.3 Å². The average molecular weight is 632 g/mol. The van der Waals surface area contributed by atoms with E-state index in [2.05, 4.69) is 5.32 Å². The molecule has 0 radical (unpaired) electrons. The van der Waals surface area contributed by atoms with Gasteiger partial charge in [0.1, 0.15) is 11.3 Å². The second kappa shape index (κ2) is 13.8. The SMILES string of the molecule is COc1ccccc1SC[C@H]1C[C@@H](c2ccc(CO)cc2)O[C@@H](c2cccc(NC(=O)c3c(F)c(F)c(F)c(F)c3F)c2)O1. The fraction of sp³-hybridized carbons (Fsp3) is 0.219. The van der Waals surface area contributed by atoms with Crippen molar-refractivity contribution in [2.75, 3.05) is 18.2 Å². The number of ether oxygens (including phenoxy) is 3. The Balaban J connectivity index is 1.39. The van der Waals surface area contributed by atoms with Crippen molar-refractivity contribution in [3.05, 3.63) is 124 Å². The van der Waals surface area contributed by atoms with Crippen molar-refractivity contribution in [3.63, 3.8) is 0 Å². The lowest BCUT2D eigenvalue weighted by atomic mass is 10.0. The molecule has 1 aliphatic heterocycles. The Kier molecular flexibility index (Phi) is 9.84. The molecular formula is C32H26F5NO5S. The van der Waals surface area contributed by atoms with Gasteiger partial charge in [0.05, 0.1) is 25.9 Å². The molecule has 0 bridgehead atoms. The molecule has 0 saturated carbocycles. The number of rotatable bonds is 9. The quantitative estimate of drug-likeness (QED) is 0.0864. The molecule has 1 saturated heterocycles. The van der Waals surface area contributed by atoms with E-state index in [1.807, 2.05) is 36.4 Å². The van der Waals surface area contributed by atoms with Crippen molar-refractivity contribution in [1.29, 1.82) is 0 Å². The zero-order chi connectivity index (χ0) is 31.4. The molecule has 5 rings (SSSR count). The van der Waals surface area contributed by atoms with Crippen molar-refractivity contribution < 1.29 is 46.1 Å². The lowest BCUT2D eigenvalue weighted by Crippen LogP contribution is -2.31. The third-order valence-corrected chi connectivity index (χ3v) is 8.15. The zero-order valence-corrected chi connectivity index (χ0v) is 24.0. The molecule has 1 fully saturated rings. The van der Waals surface area contributed by atoms with Crippen LogP contribution in [0.2, 0.25) is 0 Å². The van der Waals surface area contributed by atoms with Crippen LogP contribution < -0.4 is 10.1 Å². The Morgan fingerprint density at radius 2 is 1.57 bits per heavy atom. The summed E-state index contributed by atoms with van der Waals surface area (Å²) >= 11 is 1.54. The molecule has 2 N–H and O–H groups in total. The van der Waals surface area contributed by atoms with Crippen LogP contribution in [0.5, 0.6) is 5.75 Å². The van der Waals surface area contributed by atoms with E-state index in [-0.39, 0.29) is 18.4 Å². The molecular weight excluding hydrogens is 605 g/mol. The molecule has 1 heterocycles. The summed E-state index contributed by atoms with van der Waals surface area (Å²) in [4.78, 5) is 13.6. The van der Waals surface area contributed by atoms with Crippen LogP contribution in [0.3, 0.4) is 0 Å². The van der Waals surface area contributed by atoms with E-state index in [9.17, 15) is 31.9 Å². The molecule has 0 aliphatic carbocycles. The number of amides is 1. The van der Waals surface area contributed by atoms with Gasteiger partial charge in [-0.05, 0) is 35.4 Å². The molecule has 1 amide bonds. The van der Waals surface area contributed by atoms with E-state index in [1.165, 1.54) is 30.0 Å². The number of hydrogen-bond acceptors (Lipinski definition) is 6. The minimum atomic E-state index is -2.36. The molecule has 1 aliphatic rings. The van der Waals surface area contributed by atoms with Crippen molar-refractivity contribution >= 4 is 23.4 Å². The van der Waals surface area contributed by atoms with Crippen LogP contribution in [0.25, 0.3) is 0 Å². The highest BCUT2D eigenvalue weighted by Crippen LogP contribution is 2.41. The van der Waals surface area contributed by atoms with E-state index in [0.29, 0.717) is 17.7 Å². The van der Waals surface area contributed by atoms with Crippen molar-refractivity contribution in [2.24, 2.45) is 0 Å². The Morgan fingerprint density at radius 1 is 0.886 bits per heavy atom. The maximum absolute atomic E-state index is 14.2. The standard InChI is InChI=1S/C32H26F5NO5S/c1-41-22-7-2-3-8-24(22)44-16-21-14-23(18-11-9-17(15-39)10-12-18)43-32(42-21)19-5-4-6-20(13-19)38-31(40)25-26(33)28(35)30(37)29(36)27(25)34/h2-13,21,23,32,39H,14-16H2,1H3,(H,38,40)/t21-,23+,32+/m1/s1. The smallest absolute Gasteiger partial charge is 0.261 e. The Hall–Kier alpha value is -3.97. The summed E-state index contributed by atoms with van der Waals surface area (Å²) in [6.45, 7) is -0.112. The van der Waals surface area contributed by atoms with Crippen LogP contribution in [-0.2, 0) is 16.1 Å². The summed E-state index contributed by atoms with van der Waals surface area (Å²) < 4.78 is 87.3. The minimum absolute atomic E-state index is 0.0120. The first-order valence-corrected chi connectivity index (χ1v) is 14.4. The molecule has 6 nitrogen and oxygen atoms in total. The molecule has 12 heteroatoms. The van der Waals surface area contributed by atoms with Crippen LogP contribution in [-0.4, -0.2) is 30.0 Å². The number of thioether (sulfide) groups is 1. The van der Waals surface area contributed by atoms with Gasteiger partial charge in [-0.2, -0.15) is 0 Å². The molecule has 230 valence electrons. The van der Waals surface area contributed by atoms with E-state index in [4.69, 9.17) is 14.2 Å². The van der Waals surface area contributed by atoms with Crippen LogP contribution >= 0.6 is 11.8 Å². The van der Waals surface area contributed by atoms with Gasteiger partial charge in [-0.1, -0.05) is 48.5 Å². The van der Waals surface area contributed by atoms with Gasteiger partial charge < -0.3 is 24.6 Å². The normalized spacial score (nSPS) is 18.2. The number of methoxy groups -OCH3 is 1. The second-order valence-corrected chi connectivity index (χ2v) is 10.9. The van der Waals surface area contributed by atoms with E-state index >= 15 is 0 Å². The van der Waals surface area contributed by atoms with Gasteiger partial charge in [0.15, 0.2) is 29.6 Å². The lowest BCUT2D eigenvalue weighted by Gasteiger charge is -2.36. The lowest BCUT2D eigenvalue weighted by molar-refractivity contribution is -0.245. The summed E-state index contributed by atoms with van der Waals surface area (Å²) in [5.41, 5.74) is 0.426. The predicted octanol–water partition coefficient (Wildman–Crippen LogP) is 7.47. The van der Waals surface area contributed by atoms with Gasteiger partial charge >= 0.3 is 0 Å². The van der Waals surface area contributed by atoms with Gasteiger partial charge in [-0.25, -0.2) is 22.0 Å². The maximum Gasteiger partial charge on any atom is 0.261 e. The van der Waals surface area contributed by atoms with Crippen LogP contribution in [0.1, 0.15) is 45.9 Å². The summed E-state index contributed by atoms with van der Waals surface area (Å²) in [5.74, 6) is -11.5. The predicted molar refractivity (Wildman–Crippen MR) is 153 cm³/mol. The Morgan fingerprint density at radius 3 is 2.25 bits per heavy atom. The van der Waals surface area contributed by atoms with Gasteiger partial charge in [0.25, 0.3) is 5.91 Å². The summed E-state index contributed by atoms with van der Waals surface area (Å²) in [7, 11) is 1.59. The number of carbonyl (C=O) groups is 1. The number of carbonyl (C=O) groups excluding carboxylic acids is 1. The number of aliphatic hydroxyl groups is 1. The fourth-order valence-corrected chi connectivity index (χ4v) is 5.75. The molecule has 44 heavy (non-hydrogen) atoms. The highest BCUT2D eigenvalue weighted by Gasteiger charge is 2.33.